The Balaban J connectivity index is 2.38. The highest BCUT2D eigenvalue weighted by Gasteiger charge is 2.35. The van der Waals surface area contributed by atoms with Gasteiger partial charge < -0.3 is 10.3 Å². The standard InChI is InChI=1S/C12H20N2O3S/c1-8(2)7-9-11(17-14-12(9)13)10-5-3-4-6-18(10,15)16/h8,10H,3-7H2,1-2H3,(H2,13,14). The summed E-state index contributed by atoms with van der Waals surface area (Å²) in [6.07, 6.45) is 2.96. The molecule has 1 aromatic heterocycles. The molecule has 18 heavy (non-hydrogen) atoms. The summed E-state index contributed by atoms with van der Waals surface area (Å²) in [6, 6.07) is 0. The van der Waals surface area contributed by atoms with Gasteiger partial charge in [-0.3, -0.25) is 0 Å². The Kier molecular flexibility index (Phi) is 3.66. The number of nitrogens with two attached hydrogens (primary N) is 1. The van der Waals surface area contributed by atoms with Crippen LogP contribution in [0.25, 0.3) is 0 Å². The van der Waals surface area contributed by atoms with Crippen LogP contribution in [0.15, 0.2) is 4.52 Å². The lowest BCUT2D eigenvalue weighted by atomic mass is 10.00. The molecule has 1 unspecified atom stereocenters. The first kappa shape index (κ1) is 13.4. The quantitative estimate of drug-likeness (QED) is 0.910. The van der Waals surface area contributed by atoms with Gasteiger partial charge in [0, 0.05) is 5.56 Å². The van der Waals surface area contributed by atoms with E-state index in [0.29, 0.717) is 30.3 Å². The van der Waals surface area contributed by atoms with Gasteiger partial charge >= 0.3 is 0 Å². The van der Waals surface area contributed by atoms with E-state index in [1.54, 1.807) is 0 Å². The average molecular weight is 272 g/mol. The number of hydrogen-bond acceptors (Lipinski definition) is 5. The molecule has 2 N–H and O–H groups in total. The molecule has 0 spiro atoms. The van der Waals surface area contributed by atoms with Crippen LogP contribution < -0.4 is 5.73 Å². The topological polar surface area (TPSA) is 86.2 Å². The van der Waals surface area contributed by atoms with E-state index in [1.165, 1.54) is 0 Å². The minimum atomic E-state index is -3.11. The zero-order chi connectivity index (χ0) is 13.3. The molecule has 0 bridgehead atoms. The van der Waals surface area contributed by atoms with Crippen LogP contribution in [0.4, 0.5) is 5.82 Å². The normalized spacial score (nSPS) is 23.4. The van der Waals surface area contributed by atoms with Crippen molar-refractivity contribution in [3.8, 4) is 0 Å². The summed E-state index contributed by atoms with van der Waals surface area (Å²) < 4.78 is 29.4. The van der Waals surface area contributed by atoms with Crippen molar-refractivity contribution in [2.45, 2.75) is 44.8 Å². The average Bonchev–Trinajstić information content (AvgIpc) is 2.60. The van der Waals surface area contributed by atoms with E-state index in [0.717, 1.165) is 18.4 Å². The van der Waals surface area contributed by atoms with Crippen molar-refractivity contribution in [1.29, 1.82) is 0 Å². The fourth-order valence-electron chi connectivity index (χ4n) is 2.45. The van der Waals surface area contributed by atoms with Crippen molar-refractivity contribution < 1.29 is 12.9 Å². The van der Waals surface area contributed by atoms with Crippen LogP contribution in [0.2, 0.25) is 0 Å². The second-order valence-corrected chi connectivity index (χ2v) is 7.66. The molecule has 2 heterocycles. The van der Waals surface area contributed by atoms with Crippen LogP contribution in [0.3, 0.4) is 0 Å². The van der Waals surface area contributed by atoms with Gasteiger partial charge in [-0.1, -0.05) is 25.4 Å². The predicted molar refractivity (Wildman–Crippen MR) is 69.8 cm³/mol. The second kappa shape index (κ2) is 4.91. The summed E-state index contributed by atoms with van der Waals surface area (Å²) in [5.74, 6) is 1.43. The van der Waals surface area contributed by atoms with Crippen molar-refractivity contribution in [2.24, 2.45) is 5.92 Å². The molecule has 5 nitrogen and oxygen atoms in total. The van der Waals surface area contributed by atoms with Crippen LogP contribution in [0, 0.1) is 5.92 Å². The maximum absolute atomic E-state index is 12.1. The Morgan fingerprint density at radius 2 is 2.17 bits per heavy atom. The third kappa shape index (κ3) is 2.53. The van der Waals surface area contributed by atoms with Crippen LogP contribution in [-0.2, 0) is 16.3 Å². The van der Waals surface area contributed by atoms with Gasteiger partial charge in [-0.2, -0.15) is 0 Å². The maximum atomic E-state index is 12.1. The Morgan fingerprint density at radius 1 is 1.44 bits per heavy atom. The van der Waals surface area contributed by atoms with Gasteiger partial charge in [0.1, 0.15) is 5.25 Å². The molecule has 1 saturated heterocycles. The Bertz CT molecular complexity index is 519. The molecule has 0 radical (unpaired) electrons. The number of hydrogen-bond donors (Lipinski definition) is 1. The predicted octanol–water partition coefficient (Wildman–Crippen LogP) is 2.10. The monoisotopic (exact) mass is 272 g/mol. The highest BCUT2D eigenvalue weighted by molar-refractivity contribution is 7.91. The largest absolute Gasteiger partial charge is 0.381 e. The lowest BCUT2D eigenvalue weighted by Gasteiger charge is -2.21. The van der Waals surface area contributed by atoms with Crippen LogP contribution in [0.1, 0.15) is 49.7 Å². The van der Waals surface area contributed by atoms with Crippen molar-refractivity contribution in [1.82, 2.24) is 5.16 Å². The molecule has 0 saturated carbocycles. The van der Waals surface area contributed by atoms with Gasteiger partial charge in [-0.15, -0.1) is 0 Å². The third-order valence-corrected chi connectivity index (χ3v) is 5.51. The van der Waals surface area contributed by atoms with E-state index in [1.807, 2.05) is 0 Å². The van der Waals surface area contributed by atoms with E-state index in [-0.39, 0.29) is 5.75 Å². The summed E-state index contributed by atoms with van der Waals surface area (Å²) in [6.45, 7) is 4.12. The molecule has 1 aliphatic rings. The Hall–Kier alpha value is -1.04. The molecule has 0 amide bonds. The van der Waals surface area contributed by atoms with Crippen molar-refractivity contribution in [3.05, 3.63) is 11.3 Å². The molecule has 0 aliphatic carbocycles. The number of nitrogens with zero attached hydrogens (tertiary/aromatic N) is 1. The third-order valence-electron chi connectivity index (χ3n) is 3.33. The van der Waals surface area contributed by atoms with Gasteiger partial charge in [0.2, 0.25) is 0 Å². The minimum Gasteiger partial charge on any atom is -0.381 e. The lowest BCUT2D eigenvalue weighted by Crippen LogP contribution is -2.22. The zero-order valence-electron chi connectivity index (χ0n) is 10.8. The molecular weight excluding hydrogens is 252 g/mol. The molecule has 6 heteroatoms. The van der Waals surface area contributed by atoms with Crippen molar-refractivity contribution in [2.75, 3.05) is 11.5 Å². The molecule has 1 aliphatic heterocycles. The molecule has 2 rings (SSSR count). The van der Waals surface area contributed by atoms with Crippen molar-refractivity contribution >= 4 is 15.7 Å². The number of rotatable bonds is 3. The molecule has 102 valence electrons. The number of aromatic nitrogens is 1. The minimum absolute atomic E-state index is 0.236. The van der Waals surface area contributed by atoms with Gasteiger partial charge in [0.05, 0.1) is 5.75 Å². The summed E-state index contributed by atoms with van der Waals surface area (Å²) in [4.78, 5) is 0. The highest BCUT2D eigenvalue weighted by atomic mass is 32.2. The van der Waals surface area contributed by atoms with E-state index < -0.39 is 15.1 Å². The lowest BCUT2D eigenvalue weighted by molar-refractivity contribution is 0.368. The first-order valence-corrected chi connectivity index (χ1v) is 8.09. The summed E-state index contributed by atoms with van der Waals surface area (Å²) in [7, 11) is -3.11. The first-order valence-electron chi connectivity index (χ1n) is 6.37. The fraction of sp³-hybridized carbons (Fsp3) is 0.750. The van der Waals surface area contributed by atoms with Crippen molar-refractivity contribution in [3.63, 3.8) is 0 Å². The van der Waals surface area contributed by atoms with Gasteiger partial charge in [-0.25, -0.2) is 8.42 Å². The first-order chi connectivity index (χ1) is 8.42. The smallest absolute Gasteiger partial charge is 0.170 e. The zero-order valence-corrected chi connectivity index (χ0v) is 11.7. The summed E-state index contributed by atoms with van der Waals surface area (Å²) in [5, 5.41) is 3.20. The summed E-state index contributed by atoms with van der Waals surface area (Å²) >= 11 is 0. The van der Waals surface area contributed by atoms with Gasteiger partial charge in [0.25, 0.3) is 0 Å². The van der Waals surface area contributed by atoms with Crippen LogP contribution in [0.5, 0.6) is 0 Å². The number of anilines is 1. The second-order valence-electron chi connectivity index (χ2n) is 5.36. The SMILES string of the molecule is CC(C)Cc1c(N)noc1C1CCCCS1(=O)=O. The van der Waals surface area contributed by atoms with Crippen LogP contribution in [-0.4, -0.2) is 19.3 Å². The Labute approximate surface area is 108 Å². The number of nitrogen functional groups attached to an aromatic ring is 1. The molecule has 1 atom stereocenters. The van der Waals surface area contributed by atoms with Gasteiger partial charge in [0.15, 0.2) is 21.4 Å². The van der Waals surface area contributed by atoms with Crippen LogP contribution >= 0.6 is 0 Å². The van der Waals surface area contributed by atoms with E-state index in [9.17, 15) is 8.42 Å². The molecular formula is C12H20N2O3S. The van der Waals surface area contributed by atoms with E-state index >= 15 is 0 Å². The molecule has 1 fully saturated rings. The maximum Gasteiger partial charge on any atom is 0.170 e. The van der Waals surface area contributed by atoms with E-state index in [4.69, 9.17) is 10.3 Å². The van der Waals surface area contributed by atoms with E-state index in [2.05, 4.69) is 19.0 Å². The number of sulfone groups is 1. The highest BCUT2D eigenvalue weighted by Crippen LogP contribution is 2.37. The summed E-state index contributed by atoms with van der Waals surface area (Å²) in [5.41, 5.74) is 6.56. The Morgan fingerprint density at radius 3 is 2.78 bits per heavy atom. The molecule has 0 aromatic carbocycles. The van der Waals surface area contributed by atoms with Gasteiger partial charge in [-0.05, 0) is 25.2 Å². The fourth-order valence-corrected chi connectivity index (χ4v) is 4.38. The molecule has 1 aromatic rings.